The lowest BCUT2D eigenvalue weighted by Crippen LogP contribution is -2.06. The Bertz CT molecular complexity index is 327. The van der Waals surface area contributed by atoms with E-state index in [2.05, 4.69) is 13.0 Å². The highest BCUT2D eigenvalue weighted by Gasteiger charge is 2.52. The molecule has 0 aliphatic heterocycles. The normalized spacial score (nSPS) is 32.2. The van der Waals surface area contributed by atoms with Gasteiger partial charge in [-0.2, -0.15) is 0 Å². The third-order valence-electron chi connectivity index (χ3n) is 3.29. The molecule has 0 amide bonds. The summed E-state index contributed by atoms with van der Waals surface area (Å²) in [6, 6.07) is 2.10. The van der Waals surface area contributed by atoms with E-state index >= 15 is 0 Å². The topological polar surface area (TPSA) is 33.4 Å². The molecule has 13 heavy (non-hydrogen) atoms. The lowest BCUT2D eigenvalue weighted by atomic mass is 9.96. The van der Waals surface area contributed by atoms with Crippen molar-refractivity contribution in [3.8, 4) is 0 Å². The first-order chi connectivity index (χ1) is 6.08. The van der Waals surface area contributed by atoms with E-state index in [4.69, 9.17) is 9.52 Å². The second kappa shape index (κ2) is 2.61. The predicted octanol–water partition coefficient (Wildman–Crippen LogP) is 2.17. The van der Waals surface area contributed by atoms with Gasteiger partial charge in [0.15, 0.2) is 0 Å². The Kier molecular flexibility index (Phi) is 1.77. The van der Waals surface area contributed by atoms with Crippen LogP contribution in [0.25, 0.3) is 0 Å². The minimum atomic E-state index is 0.177. The highest BCUT2D eigenvalue weighted by Crippen LogP contribution is 2.54. The number of aliphatic hydroxyl groups excluding tert-OH is 1. The van der Waals surface area contributed by atoms with E-state index in [0.717, 1.165) is 17.9 Å². The maximum Gasteiger partial charge on any atom is 0.104 e. The van der Waals surface area contributed by atoms with Crippen LogP contribution < -0.4 is 0 Å². The third kappa shape index (κ3) is 1.20. The molecule has 72 valence electrons. The molecule has 0 radical (unpaired) electrons. The number of aliphatic hydroxyl groups is 1. The van der Waals surface area contributed by atoms with Gasteiger partial charge >= 0.3 is 0 Å². The van der Waals surface area contributed by atoms with E-state index < -0.39 is 0 Å². The quantitative estimate of drug-likeness (QED) is 0.756. The molecule has 0 saturated heterocycles. The van der Waals surface area contributed by atoms with Crippen LogP contribution in [0.2, 0.25) is 0 Å². The zero-order valence-electron chi connectivity index (χ0n) is 8.42. The van der Waals surface area contributed by atoms with Gasteiger partial charge in [-0.25, -0.2) is 0 Å². The summed E-state index contributed by atoms with van der Waals surface area (Å²) < 4.78 is 5.49. The Hall–Kier alpha value is -0.760. The smallest absolute Gasteiger partial charge is 0.104 e. The molecular weight excluding hydrogens is 164 g/mol. The van der Waals surface area contributed by atoms with Crippen molar-refractivity contribution in [1.29, 1.82) is 0 Å². The molecule has 1 aromatic rings. The van der Waals surface area contributed by atoms with Crippen LogP contribution in [0.3, 0.4) is 0 Å². The average molecular weight is 180 g/mol. The molecule has 1 saturated carbocycles. The SMILES string of the molecule is Cc1cc(C2(C)CC2CO)c(C)o1. The molecule has 0 spiro atoms. The van der Waals surface area contributed by atoms with Crippen LogP contribution in [0.1, 0.15) is 30.4 Å². The van der Waals surface area contributed by atoms with Crippen molar-refractivity contribution in [3.05, 3.63) is 23.2 Å². The molecule has 1 N–H and O–H groups in total. The lowest BCUT2D eigenvalue weighted by molar-refractivity contribution is 0.265. The van der Waals surface area contributed by atoms with Crippen molar-refractivity contribution in [2.24, 2.45) is 5.92 Å². The molecule has 2 atom stereocenters. The average Bonchev–Trinajstić information content (AvgIpc) is 2.61. The largest absolute Gasteiger partial charge is 0.466 e. The van der Waals surface area contributed by atoms with Gasteiger partial charge < -0.3 is 9.52 Å². The fraction of sp³-hybridized carbons (Fsp3) is 0.636. The monoisotopic (exact) mass is 180 g/mol. The fourth-order valence-corrected chi connectivity index (χ4v) is 2.25. The molecular formula is C11H16O2. The highest BCUT2D eigenvalue weighted by atomic mass is 16.3. The van der Waals surface area contributed by atoms with Crippen molar-refractivity contribution < 1.29 is 9.52 Å². The van der Waals surface area contributed by atoms with E-state index in [1.54, 1.807) is 0 Å². The van der Waals surface area contributed by atoms with Gasteiger partial charge in [-0.3, -0.25) is 0 Å². The van der Waals surface area contributed by atoms with Crippen LogP contribution in [0.15, 0.2) is 10.5 Å². The second-order valence-corrected chi connectivity index (χ2v) is 4.33. The van der Waals surface area contributed by atoms with E-state index in [0.29, 0.717) is 12.5 Å². The fourth-order valence-electron chi connectivity index (χ4n) is 2.25. The number of rotatable bonds is 2. The molecule has 0 aromatic carbocycles. The van der Waals surface area contributed by atoms with Crippen LogP contribution in [0.4, 0.5) is 0 Å². The molecule has 1 aliphatic rings. The molecule has 2 heteroatoms. The molecule has 1 fully saturated rings. The Labute approximate surface area is 78.6 Å². The van der Waals surface area contributed by atoms with Crippen molar-refractivity contribution in [2.45, 2.75) is 32.6 Å². The van der Waals surface area contributed by atoms with E-state index in [1.165, 1.54) is 5.56 Å². The maximum absolute atomic E-state index is 9.07. The molecule has 1 heterocycles. The number of furan rings is 1. The minimum absolute atomic E-state index is 0.177. The predicted molar refractivity (Wildman–Crippen MR) is 50.7 cm³/mol. The first-order valence-electron chi connectivity index (χ1n) is 4.76. The van der Waals surface area contributed by atoms with Crippen molar-refractivity contribution in [1.82, 2.24) is 0 Å². The number of hydrogen-bond acceptors (Lipinski definition) is 2. The summed E-state index contributed by atoms with van der Waals surface area (Å²) in [7, 11) is 0. The van der Waals surface area contributed by atoms with Gasteiger partial charge in [-0.05, 0) is 37.8 Å². The highest BCUT2D eigenvalue weighted by molar-refractivity contribution is 5.35. The van der Waals surface area contributed by atoms with E-state index in [9.17, 15) is 0 Å². The third-order valence-corrected chi connectivity index (χ3v) is 3.29. The van der Waals surface area contributed by atoms with Gasteiger partial charge in [0.2, 0.25) is 0 Å². The zero-order valence-corrected chi connectivity index (χ0v) is 8.42. The summed E-state index contributed by atoms with van der Waals surface area (Å²) >= 11 is 0. The summed E-state index contributed by atoms with van der Waals surface area (Å²) in [5, 5.41) is 9.07. The van der Waals surface area contributed by atoms with E-state index in [1.807, 2.05) is 13.8 Å². The van der Waals surface area contributed by atoms with Crippen LogP contribution >= 0.6 is 0 Å². The van der Waals surface area contributed by atoms with Gasteiger partial charge in [0, 0.05) is 12.0 Å². The molecule has 2 rings (SSSR count). The Morgan fingerprint density at radius 2 is 2.31 bits per heavy atom. The Balaban J connectivity index is 2.32. The molecule has 2 nitrogen and oxygen atoms in total. The minimum Gasteiger partial charge on any atom is -0.466 e. The van der Waals surface area contributed by atoms with E-state index in [-0.39, 0.29) is 5.41 Å². The summed E-state index contributed by atoms with van der Waals surface area (Å²) in [5.41, 5.74) is 1.46. The van der Waals surface area contributed by atoms with Crippen molar-refractivity contribution in [2.75, 3.05) is 6.61 Å². The van der Waals surface area contributed by atoms with Gasteiger partial charge in [-0.1, -0.05) is 6.92 Å². The van der Waals surface area contributed by atoms with Crippen molar-refractivity contribution in [3.63, 3.8) is 0 Å². The van der Waals surface area contributed by atoms with Gasteiger partial charge in [-0.15, -0.1) is 0 Å². The maximum atomic E-state index is 9.07. The first kappa shape index (κ1) is 8.82. The van der Waals surface area contributed by atoms with Crippen molar-refractivity contribution >= 4 is 0 Å². The zero-order chi connectivity index (χ0) is 9.64. The standard InChI is InChI=1S/C11H16O2/c1-7-4-10(8(2)13-7)11(3)5-9(11)6-12/h4,9,12H,5-6H2,1-3H3. The second-order valence-electron chi connectivity index (χ2n) is 4.33. The molecule has 0 bridgehead atoms. The lowest BCUT2D eigenvalue weighted by Gasteiger charge is -2.08. The van der Waals surface area contributed by atoms with Crippen LogP contribution in [-0.4, -0.2) is 11.7 Å². The van der Waals surface area contributed by atoms with Gasteiger partial charge in [0.05, 0.1) is 0 Å². The Morgan fingerprint density at radius 1 is 1.62 bits per heavy atom. The molecule has 2 unspecified atom stereocenters. The molecule has 1 aliphatic carbocycles. The summed E-state index contributed by atoms with van der Waals surface area (Å²) in [6.07, 6.45) is 1.09. The summed E-state index contributed by atoms with van der Waals surface area (Å²) in [4.78, 5) is 0. The van der Waals surface area contributed by atoms with Crippen LogP contribution in [0.5, 0.6) is 0 Å². The molecule has 1 aromatic heterocycles. The number of aryl methyl sites for hydroxylation is 2. The van der Waals surface area contributed by atoms with Crippen LogP contribution in [-0.2, 0) is 5.41 Å². The summed E-state index contributed by atoms with van der Waals surface area (Å²) in [5.74, 6) is 2.41. The van der Waals surface area contributed by atoms with Crippen LogP contribution in [0, 0.1) is 19.8 Å². The first-order valence-corrected chi connectivity index (χ1v) is 4.76. The van der Waals surface area contributed by atoms with Gasteiger partial charge in [0.1, 0.15) is 11.5 Å². The summed E-state index contributed by atoms with van der Waals surface area (Å²) in [6.45, 7) is 6.46. The van der Waals surface area contributed by atoms with Gasteiger partial charge in [0.25, 0.3) is 0 Å². The number of hydrogen-bond donors (Lipinski definition) is 1. The Morgan fingerprint density at radius 3 is 2.69 bits per heavy atom.